The minimum Gasteiger partial charge on any atom is -0.325 e. The van der Waals surface area contributed by atoms with Crippen molar-refractivity contribution in [2.75, 3.05) is 24.5 Å². The van der Waals surface area contributed by atoms with Crippen molar-refractivity contribution >= 4 is 17.6 Å². The second kappa shape index (κ2) is 5.26. The first-order chi connectivity index (χ1) is 10.8. The van der Waals surface area contributed by atoms with Crippen LogP contribution in [0.15, 0.2) is 24.5 Å². The standard InChI is InChI=1S/C16H20N4O2/c21-15-10-14-13(20(15)12-4-3-6-17-11-12)5-9-19(14)16(22)18-7-1-2-8-18/h3-4,6,11,13-14H,1-2,5,7-10H2/t13-,14+/m1/s1. The van der Waals surface area contributed by atoms with E-state index in [1.165, 1.54) is 0 Å². The van der Waals surface area contributed by atoms with Crippen LogP contribution in [0.1, 0.15) is 25.7 Å². The topological polar surface area (TPSA) is 56.8 Å². The van der Waals surface area contributed by atoms with Gasteiger partial charge in [0.1, 0.15) is 0 Å². The lowest BCUT2D eigenvalue weighted by atomic mass is 10.1. The Labute approximate surface area is 129 Å². The molecular weight excluding hydrogens is 280 g/mol. The van der Waals surface area contributed by atoms with E-state index in [0.717, 1.165) is 44.6 Å². The van der Waals surface area contributed by atoms with Crippen LogP contribution in [0.3, 0.4) is 0 Å². The zero-order valence-electron chi connectivity index (χ0n) is 12.5. The highest BCUT2D eigenvalue weighted by molar-refractivity contribution is 5.98. The van der Waals surface area contributed by atoms with E-state index in [1.54, 1.807) is 12.4 Å². The van der Waals surface area contributed by atoms with Crippen LogP contribution in [0.25, 0.3) is 0 Å². The van der Waals surface area contributed by atoms with Crippen molar-refractivity contribution in [2.45, 2.75) is 37.8 Å². The summed E-state index contributed by atoms with van der Waals surface area (Å²) in [7, 11) is 0. The van der Waals surface area contributed by atoms with Gasteiger partial charge in [0, 0.05) is 32.3 Å². The summed E-state index contributed by atoms with van der Waals surface area (Å²) in [4.78, 5) is 34.9. The zero-order valence-corrected chi connectivity index (χ0v) is 12.5. The van der Waals surface area contributed by atoms with Gasteiger partial charge in [-0.3, -0.25) is 9.78 Å². The summed E-state index contributed by atoms with van der Waals surface area (Å²) in [6.07, 6.45) is 6.90. The van der Waals surface area contributed by atoms with Gasteiger partial charge in [-0.25, -0.2) is 4.79 Å². The van der Waals surface area contributed by atoms with E-state index < -0.39 is 0 Å². The van der Waals surface area contributed by atoms with E-state index in [9.17, 15) is 9.59 Å². The van der Waals surface area contributed by atoms with Gasteiger partial charge in [-0.05, 0) is 31.4 Å². The van der Waals surface area contributed by atoms with Gasteiger partial charge < -0.3 is 14.7 Å². The van der Waals surface area contributed by atoms with Gasteiger partial charge in [0.05, 0.1) is 24.0 Å². The highest BCUT2D eigenvalue weighted by Gasteiger charge is 2.49. The predicted molar refractivity (Wildman–Crippen MR) is 81.4 cm³/mol. The van der Waals surface area contributed by atoms with Gasteiger partial charge >= 0.3 is 6.03 Å². The lowest BCUT2D eigenvalue weighted by Gasteiger charge is -2.28. The maximum atomic E-state index is 12.6. The van der Waals surface area contributed by atoms with Crippen molar-refractivity contribution in [1.29, 1.82) is 0 Å². The molecule has 2 atom stereocenters. The molecule has 4 heterocycles. The molecule has 0 aliphatic carbocycles. The van der Waals surface area contributed by atoms with Crippen molar-refractivity contribution < 1.29 is 9.59 Å². The number of pyridine rings is 1. The third-order valence-corrected chi connectivity index (χ3v) is 5.04. The van der Waals surface area contributed by atoms with Gasteiger partial charge in [-0.2, -0.15) is 0 Å². The number of hydrogen-bond donors (Lipinski definition) is 0. The molecule has 1 aromatic heterocycles. The molecule has 22 heavy (non-hydrogen) atoms. The van der Waals surface area contributed by atoms with Gasteiger partial charge in [0.15, 0.2) is 0 Å². The molecule has 0 saturated carbocycles. The van der Waals surface area contributed by atoms with Gasteiger partial charge in [0.25, 0.3) is 0 Å². The predicted octanol–water partition coefficient (Wildman–Crippen LogP) is 1.48. The number of hydrogen-bond acceptors (Lipinski definition) is 3. The Morgan fingerprint density at radius 3 is 2.73 bits per heavy atom. The fraction of sp³-hybridized carbons (Fsp3) is 0.562. The van der Waals surface area contributed by atoms with E-state index in [2.05, 4.69) is 4.98 Å². The SMILES string of the molecule is O=C(N1CCCC1)N1CC[C@@H]2[C@@H]1CC(=O)N2c1cccnc1. The molecule has 3 aliphatic rings. The van der Waals surface area contributed by atoms with E-state index in [1.807, 2.05) is 26.8 Å². The van der Waals surface area contributed by atoms with Gasteiger partial charge in [-0.15, -0.1) is 0 Å². The Balaban J connectivity index is 1.55. The van der Waals surface area contributed by atoms with Crippen LogP contribution in [0.5, 0.6) is 0 Å². The van der Waals surface area contributed by atoms with Crippen molar-refractivity contribution in [3.63, 3.8) is 0 Å². The summed E-state index contributed by atoms with van der Waals surface area (Å²) in [5.74, 6) is 0.0990. The number of carbonyl (C=O) groups excluding carboxylic acids is 2. The van der Waals surface area contributed by atoms with Crippen LogP contribution in [0.2, 0.25) is 0 Å². The van der Waals surface area contributed by atoms with E-state index in [0.29, 0.717) is 6.42 Å². The number of rotatable bonds is 1. The molecule has 0 radical (unpaired) electrons. The lowest BCUT2D eigenvalue weighted by Crippen LogP contribution is -2.46. The summed E-state index contributed by atoms with van der Waals surface area (Å²) in [5.41, 5.74) is 0.843. The number of amides is 3. The zero-order chi connectivity index (χ0) is 15.1. The Morgan fingerprint density at radius 1 is 1.18 bits per heavy atom. The van der Waals surface area contributed by atoms with Crippen LogP contribution in [-0.2, 0) is 4.79 Å². The van der Waals surface area contributed by atoms with Gasteiger partial charge in [0.2, 0.25) is 5.91 Å². The number of aromatic nitrogens is 1. The Kier molecular flexibility index (Phi) is 3.24. The molecule has 6 heteroatoms. The highest BCUT2D eigenvalue weighted by atomic mass is 16.2. The Hall–Kier alpha value is -2.11. The summed E-state index contributed by atoms with van der Waals surface area (Å²) in [6.45, 7) is 2.45. The molecule has 0 bridgehead atoms. The molecule has 0 spiro atoms. The molecule has 0 N–H and O–H groups in total. The highest BCUT2D eigenvalue weighted by Crippen LogP contribution is 2.36. The summed E-state index contributed by atoms with van der Waals surface area (Å²) >= 11 is 0. The second-order valence-electron chi connectivity index (χ2n) is 6.27. The molecule has 4 rings (SSSR count). The monoisotopic (exact) mass is 300 g/mol. The minimum absolute atomic E-state index is 0.0146. The first-order valence-corrected chi connectivity index (χ1v) is 8.03. The Bertz CT molecular complexity index is 585. The summed E-state index contributed by atoms with van der Waals surface area (Å²) in [6, 6.07) is 3.99. The number of urea groups is 1. The maximum absolute atomic E-state index is 12.6. The third-order valence-electron chi connectivity index (χ3n) is 5.04. The van der Waals surface area contributed by atoms with E-state index in [4.69, 9.17) is 0 Å². The summed E-state index contributed by atoms with van der Waals surface area (Å²) < 4.78 is 0. The number of likely N-dealkylation sites (tertiary alicyclic amines) is 2. The van der Waals surface area contributed by atoms with Crippen LogP contribution in [-0.4, -0.2) is 58.4 Å². The largest absolute Gasteiger partial charge is 0.325 e. The van der Waals surface area contributed by atoms with Gasteiger partial charge in [-0.1, -0.05) is 0 Å². The third kappa shape index (κ3) is 2.05. The number of fused-ring (bicyclic) bond motifs is 1. The molecule has 6 nitrogen and oxygen atoms in total. The van der Waals surface area contributed by atoms with Crippen LogP contribution >= 0.6 is 0 Å². The first-order valence-electron chi connectivity index (χ1n) is 8.03. The Morgan fingerprint density at radius 2 is 2.00 bits per heavy atom. The normalized spacial score (nSPS) is 27.6. The molecule has 1 aromatic rings. The number of carbonyl (C=O) groups is 2. The van der Waals surface area contributed by atoms with Crippen LogP contribution in [0, 0.1) is 0 Å². The molecule has 3 saturated heterocycles. The fourth-order valence-electron chi connectivity index (χ4n) is 4.01. The average molecular weight is 300 g/mol. The van der Waals surface area contributed by atoms with Crippen molar-refractivity contribution in [1.82, 2.24) is 14.8 Å². The van der Waals surface area contributed by atoms with Crippen molar-refractivity contribution in [3.05, 3.63) is 24.5 Å². The van der Waals surface area contributed by atoms with E-state index in [-0.39, 0.29) is 24.0 Å². The molecule has 0 aromatic carbocycles. The smallest absolute Gasteiger partial charge is 0.320 e. The summed E-state index contributed by atoms with van der Waals surface area (Å²) in [5, 5.41) is 0. The number of nitrogens with zero attached hydrogens (tertiary/aromatic N) is 4. The quantitative estimate of drug-likeness (QED) is 0.789. The maximum Gasteiger partial charge on any atom is 0.320 e. The second-order valence-corrected chi connectivity index (χ2v) is 6.27. The minimum atomic E-state index is 0.0146. The fourth-order valence-corrected chi connectivity index (χ4v) is 4.01. The van der Waals surface area contributed by atoms with Crippen LogP contribution in [0.4, 0.5) is 10.5 Å². The molecule has 116 valence electrons. The molecule has 0 unspecified atom stereocenters. The number of anilines is 1. The lowest BCUT2D eigenvalue weighted by molar-refractivity contribution is -0.117. The first kappa shape index (κ1) is 13.5. The molecule has 3 aliphatic heterocycles. The van der Waals surface area contributed by atoms with E-state index >= 15 is 0 Å². The molecule has 3 fully saturated rings. The van der Waals surface area contributed by atoms with Crippen LogP contribution < -0.4 is 4.90 Å². The van der Waals surface area contributed by atoms with Crippen molar-refractivity contribution in [2.24, 2.45) is 0 Å². The van der Waals surface area contributed by atoms with Crippen molar-refractivity contribution in [3.8, 4) is 0 Å². The molecule has 3 amide bonds. The molecular formula is C16H20N4O2. The average Bonchev–Trinajstić information content (AvgIpc) is 3.23.